The van der Waals surface area contributed by atoms with Gasteiger partial charge in [0.05, 0.1) is 6.04 Å². The Bertz CT molecular complexity index is 456. The van der Waals surface area contributed by atoms with Crippen LogP contribution in [-0.2, 0) is 4.74 Å². The highest BCUT2D eigenvalue weighted by Gasteiger charge is 2.27. The molecule has 1 aromatic carbocycles. The van der Waals surface area contributed by atoms with E-state index in [1.807, 2.05) is 51.1 Å². The molecular formula is C16H24N2O3. The first-order valence-corrected chi connectivity index (χ1v) is 7.33. The fourth-order valence-corrected chi connectivity index (χ4v) is 2.14. The molecule has 1 aromatic rings. The standard InChI is InChI=1S/C16H24N2O3/c1-16(2,3)21-15(19)18-10-9-17-13(11-18)12-20-14-7-5-4-6-8-14/h4-8,13,17H,9-12H2,1-3H3/t13-/m1/s1. The zero-order valence-corrected chi connectivity index (χ0v) is 13.0. The van der Waals surface area contributed by atoms with Crippen molar-refractivity contribution < 1.29 is 14.3 Å². The average molecular weight is 292 g/mol. The number of para-hydroxylation sites is 1. The van der Waals surface area contributed by atoms with Gasteiger partial charge in [0.15, 0.2) is 0 Å². The van der Waals surface area contributed by atoms with E-state index in [1.54, 1.807) is 4.90 Å². The van der Waals surface area contributed by atoms with Crippen molar-refractivity contribution in [3.05, 3.63) is 30.3 Å². The molecule has 0 saturated carbocycles. The van der Waals surface area contributed by atoms with Crippen molar-refractivity contribution in [3.8, 4) is 5.75 Å². The summed E-state index contributed by atoms with van der Waals surface area (Å²) in [5.74, 6) is 0.841. The Morgan fingerprint density at radius 3 is 2.71 bits per heavy atom. The lowest BCUT2D eigenvalue weighted by atomic mass is 10.2. The SMILES string of the molecule is CC(C)(C)OC(=O)N1CCN[C@@H](COc2ccccc2)C1. The molecule has 0 bridgehead atoms. The molecule has 116 valence electrons. The first kappa shape index (κ1) is 15.6. The minimum absolute atomic E-state index is 0.117. The van der Waals surface area contributed by atoms with Crippen LogP contribution in [0.2, 0.25) is 0 Å². The molecule has 5 heteroatoms. The summed E-state index contributed by atoms with van der Waals surface area (Å²) in [6.07, 6.45) is -0.256. The molecule has 1 fully saturated rings. The van der Waals surface area contributed by atoms with E-state index < -0.39 is 5.60 Å². The lowest BCUT2D eigenvalue weighted by molar-refractivity contribution is 0.0178. The van der Waals surface area contributed by atoms with Crippen LogP contribution in [0.15, 0.2) is 30.3 Å². The Kier molecular flexibility index (Phi) is 5.07. The summed E-state index contributed by atoms with van der Waals surface area (Å²) in [4.78, 5) is 13.8. The van der Waals surface area contributed by atoms with Gasteiger partial charge in [0.25, 0.3) is 0 Å². The highest BCUT2D eigenvalue weighted by molar-refractivity contribution is 5.68. The highest BCUT2D eigenvalue weighted by Crippen LogP contribution is 2.13. The highest BCUT2D eigenvalue weighted by atomic mass is 16.6. The number of amides is 1. The minimum atomic E-state index is -0.460. The van der Waals surface area contributed by atoms with E-state index in [2.05, 4.69) is 5.32 Å². The molecule has 0 aliphatic carbocycles. The summed E-state index contributed by atoms with van der Waals surface area (Å²) >= 11 is 0. The van der Waals surface area contributed by atoms with E-state index in [4.69, 9.17) is 9.47 Å². The number of hydrogen-bond acceptors (Lipinski definition) is 4. The third kappa shape index (κ3) is 5.27. The van der Waals surface area contributed by atoms with Gasteiger partial charge >= 0.3 is 6.09 Å². The smallest absolute Gasteiger partial charge is 0.410 e. The largest absolute Gasteiger partial charge is 0.492 e. The Morgan fingerprint density at radius 1 is 1.33 bits per heavy atom. The number of hydrogen-bond donors (Lipinski definition) is 1. The van der Waals surface area contributed by atoms with Gasteiger partial charge in [-0.3, -0.25) is 0 Å². The minimum Gasteiger partial charge on any atom is -0.492 e. The number of rotatable bonds is 3. The number of nitrogens with zero attached hydrogens (tertiary/aromatic N) is 1. The van der Waals surface area contributed by atoms with Crippen LogP contribution >= 0.6 is 0 Å². The first-order chi connectivity index (χ1) is 9.94. The van der Waals surface area contributed by atoms with Crippen LogP contribution in [0.4, 0.5) is 4.79 Å². The second-order valence-electron chi connectivity index (χ2n) is 6.20. The molecule has 21 heavy (non-hydrogen) atoms. The van der Waals surface area contributed by atoms with Gasteiger partial charge in [-0.25, -0.2) is 4.79 Å². The molecule has 1 amide bonds. The van der Waals surface area contributed by atoms with Crippen LogP contribution in [0.25, 0.3) is 0 Å². The maximum absolute atomic E-state index is 12.1. The van der Waals surface area contributed by atoms with Crippen LogP contribution in [0.1, 0.15) is 20.8 Å². The molecule has 1 saturated heterocycles. The lowest BCUT2D eigenvalue weighted by Crippen LogP contribution is -2.55. The summed E-state index contributed by atoms with van der Waals surface area (Å²) in [6.45, 7) is 8.18. The monoisotopic (exact) mass is 292 g/mol. The van der Waals surface area contributed by atoms with Crippen molar-refractivity contribution in [3.63, 3.8) is 0 Å². The van der Waals surface area contributed by atoms with Gasteiger partial charge in [0.1, 0.15) is 18.0 Å². The number of ether oxygens (including phenoxy) is 2. The molecule has 0 radical (unpaired) electrons. The molecule has 5 nitrogen and oxygen atoms in total. The van der Waals surface area contributed by atoms with Crippen molar-refractivity contribution in [2.45, 2.75) is 32.4 Å². The average Bonchev–Trinajstić information content (AvgIpc) is 2.45. The van der Waals surface area contributed by atoms with Crippen molar-refractivity contribution >= 4 is 6.09 Å². The number of nitrogens with one attached hydrogen (secondary N) is 1. The van der Waals surface area contributed by atoms with Gasteiger partial charge in [0.2, 0.25) is 0 Å². The topological polar surface area (TPSA) is 50.8 Å². The Labute approximate surface area is 126 Å². The second kappa shape index (κ2) is 6.80. The Hall–Kier alpha value is -1.75. The van der Waals surface area contributed by atoms with E-state index in [0.29, 0.717) is 19.7 Å². The van der Waals surface area contributed by atoms with E-state index in [9.17, 15) is 4.79 Å². The molecule has 0 spiro atoms. The molecule has 1 atom stereocenters. The molecule has 1 heterocycles. The molecule has 0 unspecified atom stereocenters. The zero-order chi connectivity index (χ0) is 15.3. The molecule has 2 rings (SSSR count). The van der Waals surface area contributed by atoms with Crippen molar-refractivity contribution in [1.29, 1.82) is 0 Å². The van der Waals surface area contributed by atoms with Crippen LogP contribution in [-0.4, -0.2) is 48.9 Å². The summed E-state index contributed by atoms with van der Waals surface area (Å²) in [6, 6.07) is 9.80. The molecule has 0 aromatic heterocycles. The van der Waals surface area contributed by atoms with E-state index >= 15 is 0 Å². The number of carbonyl (C=O) groups is 1. The van der Waals surface area contributed by atoms with Crippen LogP contribution < -0.4 is 10.1 Å². The van der Waals surface area contributed by atoms with E-state index in [0.717, 1.165) is 12.3 Å². The van der Waals surface area contributed by atoms with Gasteiger partial charge in [-0.1, -0.05) is 18.2 Å². The first-order valence-electron chi connectivity index (χ1n) is 7.33. The number of carbonyl (C=O) groups excluding carboxylic acids is 1. The van der Waals surface area contributed by atoms with Crippen LogP contribution in [0.5, 0.6) is 5.75 Å². The number of piperazine rings is 1. The maximum atomic E-state index is 12.1. The summed E-state index contributed by atoms with van der Waals surface area (Å²) < 4.78 is 11.1. The molecule has 1 N–H and O–H groups in total. The van der Waals surface area contributed by atoms with Gasteiger partial charge in [-0.05, 0) is 32.9 Å². The third-order valence-corrected chi connectivity index (χ3v) is 3.10. The van der Waals surface area contributed by atoms with Crippen molar-refractivity contribution in [2.24, 2.45) is 0 Å². The predicted octanol–water partition coefficient (Wildman–Crippen LogP) is 2.27. The molecule has 1 aliphatic rings. The Morgan fingerprint density at radius 2 is 2.05 bits per heavy atom. The Balaban J connectivity index is 1.82. The van der Waals surface area contributed by atoms with Crippen LogP contribution in [0.3, 0.4) is 0 Å². The molecule has 1 aliphatic heterocycles. The summed E-state index contributed by atoms with van der Waals surface area (Å²) in [5.41, 5.74) is -0.460. The fraction of sp³-hybridized carbons (Fsp3) is 0.562. The summed E-state index contributed by atoms with van der Waals surface area (Å²) in [7, 11) is 0. The summed E-state index contributed by atoms with van der Waals surface area (Å²) in [5, 5.41) is 3.36. The van der Waals surface area contributed by atoms with Gasteiger partial charge in [-0.15, -0.1) is 0 Å². The number of benzene rings is 1. The zero-order valence-electron chi connectivity index (χ0n) is 13.0. The fourth-order valence-electron chi connectivity index (χ4n) is 2.14. The quantitative estimate of drug-likeness (QED) is 0.928. The van der Waals surface area contributed by atoms with E-state index in [1.165, 1.54) is 0 Å². The van der Waals surface area contributed by atoms with Crippen LogP contribution in [0, 0.1) is 0 Å². The third-order valence-electron chi connectivity index (χ3n) is 3.10. The normalized spacial score (nSPS) is 19.2. The second-order valence-corrected chi connectivity index (χ2v) is 6.20. The maximum Gasteiger partial charge on any atom is 0.410 e. The van der Waals surface area contributed by atoms with Gasteiger partial charge in [0, 0.05) is 19.6 Å². The predicted molar refractivity (Wildman–Crippen MR) is 81.5 cm³/mol. The van der Waals surface area contributed by atoms with Gasteiger partial charge < -0.3 is 19.7 Å². The van der Waals surface area contributed by atoms with Gasteiger partial charge in [-0.2, -0.15) is 0 Å². The van der Waals surface area contributed by atoms with Crippen molar-refractivity contribution in [1.82, 2.24) is 10.2 Å². The lowest BCUT2D eigenvalue weighted by Gasteiger charge is -2.34. The molecular weight excluding hydrogens is 268 g/mol. The van der Waals surface area contributed by atoms with Crippen molar-refractivity contribution in [2.75, 3.05) is 26.2 Å². The van der Waals surface area contributed by atoms with E-state index in [-0.39, 0.29) is 12.1 Å².